The van der Waals surface area contributed by atoms with Crippen LogP contribution in [0.3, 0.4) is 0 Å². The molecule has 0 spiro atoms. The van der Waals surface area contributed by atoms with Crippen molar-refractivity contribution in [2.45, 2.75) is 31.4 Å². The van der Waals surface area contributed by atoms with Gasteiger partial charge in [0.15, 0.2) is 0 Å². The van der Waals surface area contributed by atoms with Crippen LogP contribution < -0.4 is 11.1 Å². The van der Waals surface area contributed by atoms with E-state index in [9.17, 15) is 9.59 Å². The molecule has 136 valence electrons. The van der Waals surface area contributed by atoms with Crippen LogP contribution in [0.1, 0.15) is 19.3 Å². The fourth-order valence-corrected chi connectivity index (χ4v) is 2.45. The van der Waals surface area contributed by atoms with Gasteiger partial charge in [-0.25, -0.2) is 0 Å². The third kappa shape index (κ3) is 7.67. The maximum absolute atomic E-state index is 12.1. The highest BCUT2D eigenvalue weighted by atomic mass is 35.5. The maximum Gasteiger partial charge on any atom is 0.234 e. The summed E-state index contributed by atoms with van der Waals surface area (Å²) in [6.45, 7) is 3.59. The molecule has 1 atom stereocenters. The van der Waals surface area contributed by atoms with Crippen LogP contribution >= 0.6 is 24.8 Å². The number of nitrogens with zero attached hydrogens (tertiary/aromatic N) is 2. The van der Waals surface area contributed by atoms with Crippen LogP contribution in [0.25, 0.3) is 0 Å². The van der Waals surface area contributed by atoms with Crippen LogP contribution in [-0.2, 0) is 14.3 Å². The molecule has 0 aromatic carbocycles. The molecular formula is C14H28Cl2N4O3. The van der Waals surface area contributed by atoms with Gasteiger partial charge < -0.3 is 20.7 Å². The van der Waals surface area contributed by atoms with Crippen LogP contribution in [-0.4, -0.2) is 80.1 Å². The summed E-state index contributed by atoms with van der Waals surface area (Å²) in [6.07, 6.45) is 2.33. The number of rotatable bonds is 7. The molecule has 0 bridgehead atoms. The van der Waals surface area contributed by atoms with Gasteiger partial charge in [-0.05, 0) is 12.8 Å². The number of ether oxygens (including phenoxy) is 1. The van der Waals surface area contributed by atoms with Gasteiger partial charge in [0.1, 0.15) is 0 Å². The van der Waals surface area contributed by atoms with Crippen molar-refractivity contribution >= 4 is 36.6 Å². The minimum Gasteiger partial charge on any atom is -0.380 e. The number of halogens is 2. The molecule has 3 N–H and O–H groups in total. The highest BCUT2D eigenvalue weighted by molar-refractivity contribution is 5.85. The topological polar surface area (TPSA) is 87.9 Å². The van der Waals surface area contributed by atoms with Gasteiger partial charge in [0.05, 0.1) is 19.1 Å². The van der Waals surface area contributed by atoms with E-state index in [1.165, 1.54) is 0 Å². The lowest BCUT2D eigenvalue weighted by Gasteiger charge is -2.34. The number of carbonyl (C=O) groups is 2. The zero-order valence-corrected chi connectivity index (χ0v) is 15.2. The number of hydrogen-bond donors (Lipinski definition) is 2. The summed E-state index contributed by atoms with van der Waals surface area (Å²) in [7, 11) is 1.57. The summed E-state index contributed by atoms with van der Waals surface area (Å²) in [5, 5.41) is 2.98. The van der Waals surface area contributed by atoms with Crippen molar-refractivity contribution in [3.8, 4) is 0 Å². The summed E-state index contributed by atoms with van der Waals surface area (Å²) in [5.74, 6) is 0.175. The first-order valence-electron chi connectivity index (χ1n) is 7.64. The van der Waals surface area contributed by atoms with E-state index in [2.05, 4.69) is 10.2 Å². The summed E-state index contributed by atoms with van der Waals surface area (Å²) in [5.41, 5.74) is 5.53. The number of piperazine rings is 1. The molecule has 0 aromatic rings. The van der Waals surface area contributed by atoms with E-state index in [1.807, 2.05) is 4.90 Å². The second-order valence-corrected chi connectivity index (χ2v) is 5.80. The fourth-order valence-electron chi connectivity index (χ4n) is 2.45. The Kier molecular flexibility index (Phi) is 10.8. The fraction of sp³-hybridized carbons (Fsp3) is 0.857. The molecule has 0 radical (unpaired) electrons. The van der Waals surface area contributed by atoms with Crippen molar-refractivity contribution in [3.05, 3.63) is 0 Å². The molecule has 9 heteroatoms. The molecule has 1 unspecified atom stereocenters. The number of nitrogens with two attached hydrogens (primary N) is 1. The van der Waals surface area contributed by atoms with Gasteiger partial charge in [-0.15, -0.1) is 24.8 Å². The van der Waals surface area contributed by atoms with Gasteiger partial charge in [-0.2, -0.15) is 0 Å². The Labute approximate surface area is 150 Å². The second kappa shape index (κ2) is 11.0. The Bertz CT molecular complexity index is 371. The van der Waals surface area contributed by atoms with E-state index >= 15 is 0 Å². The quantitative estimate of drug-likeness (QED) is 0.637. The lowest BCUT2D eigenvalue weighted by molar-refractivity contribution is -0.135. The molecule has 7 nitrogen and oxygen atoms in total. The van der Waals surface area contributed by atoms with Gasteiger partial charge in [0, 0.05) is 45.9 Å². The van der Waals surface area contributed by atoms with E-state index in [-0.39, 0.29) is 42.7 Å². The highest BCUT2D eigenvalue weighted by Gasteiger charge is 2.26. The lowest BCUT2D eigenvalue weighted by atomic mass is 10.2. The Morgan fingerprint density at radius 2 is 1.83 bits per heavy atom. The molecule has 23 heavy (non-hydrogen) atoms. The molecule has 1 saturated heterocycles. The molecule has 1 heterocycles. The smallest absolute Gasteiger partial charge is 0.234 e. The van der Waals surface area contributed by atoms with E-state index < -0.39 is 0 Å². The third-order valence-corrected chi connectivity index (χ3v) is 4.03. The van der Waals surface area contributed by atoms with Crippen LogP contribution in [0.15, 0.2) is 0 Å². The molecule has 2 fully saturated rings. The van der Waals surface area contributed by atoms with Crippen molar-refractivity contribution in [2.75, 3.05) is 46.4 Å². The van der Waals surface area contributed by atoms with E-state index in [1.54, 1.807) is 7.11 Å². The third-order valence-electron chi connectivity index (χ3n) is 4.03. The largest absolute Gasteiger partial charge is 0.380 e. The molecule has 2 rings (SSSR count). The molecule has 2 aliphatic rings. The highest BCUT2D eigenvalue weighted by Crippen LogP contribution is 2.18. The summed E-state index contributed by atoms with van der Waals surface area (Å²) in [4.78, 5) is 27.8. The normalized spacial score (nSPS) is 19.3. The second-order valence-electron chi connectivity index (χ2n) is 5.80. The Balaban J connectivity index is 0.00000242. The zero-order chi connectivity index (χ0) is 15.2. The average Bonchev–Trinajstić information content (AvgIpc) is 3.29. The van der Waals surface area contributed by atoms with Crippen molar-refractivity contribution in [1.82, 2.24) is 15.1 Å². The number of carbonyl (C=O) groups excluding carboxylic acids is 2. The van der Waals surface area contributed by atoms with Crippen molar-refractivity contribution in [3.63, 3.8) is 0 Å². The minimum atomic E-state index is -0.208. The maximum atomic E-state index is 12.1. The summed E-state index contributed by atoms with van der Waals surface area (Å²) in [6, 6.07) is 0.405. The molecule has 2 amide bonds. The van der Waals surface area contributed by atoms with Crippen LogP contribution in [0.5, 0.6) is 0 Å². The van der Waals surface area contributed by atoms with Gasteiger partial charge >= 0.3 is 0 Å². The summed E-state index contributed by atoms with van der Waals surface area (Å²) < 4.78 is 5.14. The van der Waals surface area contributed by atoms with Crippen LogP contribution in [0.2, 0.25) is 0 Å². The Morgan fingerprint density at radius 3 is 2.30 bits per heavy atom. The van der Waals surface area contributed by atoms with Crippen molar-refractivity contribution in [2.24, 2.45) is 5.73 Å². The molecule has 1 aliphatic heterocycles. The van der Waals surface area contributed by atoms with Crippen molar-refractivity contribution < 1.29 is 14.3 Å². The first-order chi connectivity index (χ1) is 10.1. The standard InChI is InChI=1S/C14H26N4O3.2ClH/c1-21-12(9-15)8-14(20)18-6-4-17(5-7-18)10-13(19)16-11-2-3-11;;/h11-12H,2-10,15H2,1H3,(H,16,19);2*1H. The van der Waals surface area contributed by atoms with E-state index in [0.29, 0.717) is 38.6 Å². The van der Waals surface area contributed by atoms with E-state index in [4.69, 9.17) is 10.5 Å². The SMILES string of the molecule is COC(CN)CC(=O)N1CCN(CC(=O)NC2CC2)CC1.Cl.Cl. The van der Waals surface area contributed by atoms with E-state index in [0.717, 1.165) is 25.9 Å². The van der Waals surface area contributed by atoms with Gasteiger partial charge in [-0.1, -0.05) is 0 Å². The first-order valence-corrected chi connectivity index (χ1v) is 7.64. The van der Waals surface area contributed by atoms with Crippen LogP contribution in [0, 0.1) is 0 Å². The Hall–Kier alpha value is -0.600. The number of methoxy groups -OCH3 is 1. The molecular weight excluding hydrogens is 343 g/mol. The van der Waals surface area contributed by atoms with Gasteiger partial charge in [0.2, 0.25) is 11.8 Å². The predicted octanol–water partition coefficient (Wildman–Crippen LogP) is -0.383. The van der Waals surface area contributed by atoms with Gasteiger partial charge in [-0.3, -0.25) is 14.5 Å². The molecule has 0 aromatic heterocycles. The minimum absolute atomic E-state index is 0. The van der Waals surface area contributed by atoms with Crippen molar-refractivity contribution in [1.29, 1.82) is 0 Å². The first kappa shape index (κ1) is 22.4. The average molecular weight is 371 g/mol. The summed E-state index contributed by atoms with van der Waals surface area (Å²) >= 11 is 0. The number of amides is 2. The zero-order valence-electron chi connectivity index (χ0n) is 13.5. The predicted molar refractivity (Wildman–Crippen MR) is 93.1 cm³/mol. The lowest BCUT2D eigenvalue weighted by Crippen LogP contribution is -2.51. The monoisotopic (exact) mass is 370 g/mol. The van der Waals surface area contributed by atoms with Gasteiger partial charge in [0.25, 0.3) is 0 Å². The number of hydrogen-bond acceptors (Lipinski definition) is 5. The molecule has 1 saturated carbocycles. The van der Waals surface area contributed by atoms with Crippen LogP contribution in [0.4, 0.5) is 0 Å². The molecule has 1 aliphatic carbocycles. The number of nitrogens with one attached hydrogen (secondary N) is 1. The Morgan fingerprint density at radius 1 is 1.22 bits per heavy atom.